The molecule has 0 unspecified atom stereocenters. The lowest BCUT2D eigenvalue weighted by molar-refractivity contribution is 0.669. The quantitative estimate of drug-likeness (QED) is 0.188. The second kappa shape index (κ2) is 11.4. The summed E-state index contributed by atoms with van der Waals surface area (Å²) in [7, 11) is 0. The molecule has 0 aliphatic rings. The molecule has 10 aromatic rings. The largest absolute Gasteiger partial charge is 0.456 e. The van der Waals surface area contributed by atoms with E-state index in [0.717, 1.165) is 66.5 Å². The third-order valence-corrected chi connectivity index (χ3v) is 9.47. The van der Waals surface area contributed by atoms with E-state index < -0.39 is 0 Å². The number of fused-ring (bicyclic) bond motifs is 6. The van der Waals surface area contributed by atoms with Crippen molar-refractivity contribution >= 4 is 43.7 Å². The van der Waals surface area contributed by atoms with Gasteiger partial charge < -0.3 is 8.98 Å². The number of furan rings is 1. The molecular weight excluding hydrogens is 613 g/mol. The maximum atomic E-state index is 6.25. The van der Waals surface area contributed by atoms with Crippen LogP contribution in [0.3, 0.4) is 0 Å². The smallest absolute Gasteiger partial charge is 0.164 e. The Morgan fingerprint density at radius 2 is 0.920 bits per heavy atom. The Balaban J connectivity index is 1.18. The molecule has 0 radical (unpaired) electrons. The first-order valence-corrected chi connectivity index (χ1v) is 16.7. The molecule has 3 aromatic heterocycles. The van der Waals surface area contributed by atoms with Crippen LogP contribution in [0.1, 0.15) is 0 Å². The van der Waals surface area contributed by atoms with Gasteiger partial charge in [-0.15, -0.1) is 0 Å². The summed E-state index contributed by atoms with van der Waals surface area (Å²) in [4.78, 5) is 15.4. The van der Waals surface area contributed by atoms with Gasteiger partial charge >= 0.3 is 0 Å². The van der Waals surface area contributed by atoms with Gasteiger partial charge in [-0.3, -0.25) is 0 Å². The van der Waals surface area contributed by atoms with Gasteiger partial charge in [0.2, 0.25) is 0 Å². The van der Waals surface area contributed by atoms with Gasteiger partial charge in [0, 0.05) is 43.9 Å². The average molecular weight is 641 g/mol. The number of hydrogen-bond donors (Lipinski definition) is 0. The molecule has 0 N–H and O–H groups in total. The zero-order valence-electron chi connectivity index (χ0n) is 26.9. The van der Waals surface area contributed by atoms with Gasteiger partial charge in [0.15, 0.2) is 17.5 Å². The van der Waals surface area contributed by atoms with E-state index in [1.165, 1.54) is 10.8 Å². The van der Waals surface area contributed by atoms with Crippen LogP contribution in [-0.2, 0) is 0 Å². The molecule has 0 amide bonds. The van der Waals surface area contributed by atoms with E-state index >= 15 is 0 Å². The first-order valence-electron chi connectivity index (χ1n) is 16.7. The van der Waals surface area contributed by atoms with Crippen LogP contribution in [0.25, 0.3) is 94.7 Å². The van der Waals surface area contributed by atoms with Gasteiger partial charge in [-0.2, -0.15) is 0 Å². The summed E-state index contributed by atoms with van der Waals surface area (Å²) in [6, 6.07) is 58.6. The van der Waals surface area contributed by atoms with Crippen LogP contribution in [0, 0.1) is 0 Å². The highest BCUT2D eigenvalue weighted by molar-refractivity contribution is 6.12. The monoisotopic (exact) mass is 640 g/mol. The first kappa shape index (κ1) is 28.2. The molecule has 5 heteroatoms. The van der Waals surface area contributed by atoms with Crippen molar-refractivity contribution in [2.75, 3.05) is 0 Å². The minimum atomic E-state index is 0.594. The van der Waals surface area contributed by atoms with Crippen molar-refractivity contribution in [1.82, 2.24) is 19.5 Å². The van der Waals surface area contributed by atoms with Gasteiger partial charge in [-0.25, -0.2) is 15.0 Å². The van der Waals surface area contributed by atoms with Crippen molar-refractivity contribution in [2.45, 2.75) is 0 Å². The molecule has 234 valence electrons. The Morgan fingerprint density at radius 1 is 0.380 bits per heavy atom. The van der Waals surface area contributed by atoms with Crippen LogP contribution < -0.4 is 0 Å². The lowest BCUT2D eigenvalue weighted by Crippen LogP contribution is -2.01. The highest BCUT2D eigenvalue weighted by Crippen LogP contribution is 2.37. The fourth-order valence-electron chi connectivity index (χ4n) is 7.14. The highest BCUT2D eigenvalue weighted by Gasteiger charge is 2.19. The molecule has 5 nitrogen and oxygen atoms in total. The third-order valence-electron chi connectivity index (χ3n) is 9.47. The third kappa shape index (κ3) is 4.60. The Hall–Kier alpha value is -6.85. The molecule has 3 heterocycles. The molecule has 0 fully saturated rings. The minimum Gasteiger partial charge on any atom is -0.456 e. The predicted molar refractivity (Wildman–Crippen MR) is 203 cm³/mol. The Morgan fingerprint density at radius 3 is 1.68 bits per heavy atom. The molecule has 0 saturated heterocycles. The van der Waals surface area contributed by atoms with Gasteiger partial charge in [0.1, 0.15) is 11.2 Å². The zero-order chi connectivity index (χ0) is 33.0. The highest BCUT2D eigenvalue weighted by atomic mass is 16.3. The standard InChI is InChI=1S/C45H28N4O/c1-2-12-29(13-3-1)30-24-26-31(27-25-30)43-46-44(48-45(47-43)37-19-11-23-41-42(37)36-18-6-9-22-40(36)50-41)32-14-10-15-33(28-32)49-38-20-7-4-16-34(38)35-17-5-8-21-39(35)49/h1-28H. The van der Waals surface area contributed by atoms with E-state index in [9.17, 15) is 0 Å². The van der Waals surface area contributed by atoms with Crippen LogP contribution in [0.4, 0.5) is 0 Å². The summed E-state index contributed by atoms with van der Waals surface area (Å²) in [5, 5.41) is 4.46. The Kier molecular flexibility index (Phi) is 6.42. The molecule has 0 bridgehead atoms. The lowest BCUT2D eigenvalue weighted by Gasteiger charge is -2.12. The van der Waals surface area contributed by atoms with Gasteiger partial charge in [-0.05, 0) is 47.5 Å². The van der Waals surface area contributed by atoms with E-state index in [0.29, 0.717) is 17.5 Å². The maximum Gasteiger partial charge on any atom is 0.164 e. The summed E-state index contributed by atoms with van der Waals surface area (Å²) in [5.41, 5.74) is 9.99. The number of nitrogens with zero attached hydrogens (tertiary/aromatic N) is 4. The minimum absolute atomic E-state index is 0.594. The predicted octanol–water partition coefficient (Wildman–Crippen LogP) is 11.5. The van der Waals surface area contributed by atoms with Crippen LogP contribution in [0.15, 0.2) is 174 Å². The average Bonchev–Trinajstić information content (AvgIpc) is 3.74. The van der Waals surface area contributed by atoms with E-state index in [4.69, 9.17) is 19.4 Å². The Labute approximate surface area is 287 Å². The van der Waals surface area contributed by atoms with Crippen LogP contribution >= 0.6 is 0 Å². The molecular formula is C45H28N4O. The fourth-order valence-corrected chi connectivity index (χ4v) is 7.14. The molecule has 50 heavy (non-hydrogen) atoms. The second-order valence-corrected chi connectivity index (χ2v) is 12.4. The lowest BCUT2D eigenvalue weighted by atomic mass is 10.0. The van der Waals surface area contributed by atoms with Crippen molar-refractivity contribution in [3.8, 4) is 51.0 Å². The number of benzene rings is 7. The summed E-state index contributed by atoms with van der Waals surface area (Å²) in [5.74, 6) is 1.80. The van der Waals surface area contributed by atoms with E-state index in [2.05, 4.69) is 138 Å². The fraction of sp³-hybridized carbons (Fsp3) is 0. The van der Waals surface area contributed by atoms with Crippen molar-refractivity contribution in [3.63, 3.8) is 0 Å². The van der Waals surface area contributed by atoms with Crippen LogP contribution in [0.5, 0.6) is 0 Å². The summed E-state index contributed by atoms with van der Waals surface area (Å²) < 4.78 is 8.57. The van der Waals surface area contributed by atoms with Crippen molar-refractivity contribution in [3.05, 3.63) is 170 Å². The summed E-state index contributed by atoms with van der Waals surface area (Å²) in [6.45, 7) is 0. The Bertz CT molecular complexity index is 2810. The van der Waals surface area contributed by atoms with Gasteiger partial charge in [0.25, 0.3) is 0 Å². The number of aromatic nitrogens is 4. The number of para-hydroxylation sites is 3. The van der Waals surface area contributed by atoms with Crippen LogP contribution in [-0.4, -0.2) is 19.5 Å². The molecule has 0 atom stereocenters. The molecule has 0 saturated carbocycles. The topological polar surface area (TPSA) is 56.7 Å². The normalized spacial score (nSPS) is 11.6. The SMILES string of the molecule is c1ccc(-c2ccc(-c3nc(-c4cccc(-n5c6ccccc6c6ccccc65)c4)nc(-c4cccc5oc6ccccc6c45)n3)cc2)cc1. The second-order valence-electron chi connectivity index (χ2n) is 12.4. The maximum absolute atomic E-state index is 6.25. The van der Waals surface area contributed by atoms with Gasteiger partial charge in [-0.1, -0.05) is 133 Å². The van der Waals surface area contributed by atoms with E-state index in [1.54, 1.807) is 0 Å². The summed E-state index contributed by atoms with van der Waals surface area (Å²) in [6.07, 6.45) is 0. The van der Waals surface area contributed by atoms with Gasteiger partial charge in [0.05, 0.1) is 11.0 Å². The zero-order valence-corrected chi connectivity index (χ0v) is 26.9. The molecule has 0 spiro atoms. The molecule has 0 aliphatic carbocycles. The van der Waals surface area contributed by atoms with Crippen molar-refractivity contribution in [1.29, 1.82) is 0 Å². The van der Waals surface area contributed by atoms with E-state index in [-0.39, 0.29) is 0 Å². The van der Waals surface area contributed by atoms with E-state index in [1.807, 2.05) is 36.4 Å². The first-order chi connectivity index (χ1) is 24.8. The van der Waals surface area contributed by atoms with Crippen molar-refractivity contribution < 1.29 is 4.42 Å². The number of rotatable bonds is 5. The molecule has 10 rings (SSSR count). The molecule has 7 aromatic carbocycles. The van der Waals surface area contributed by atoms with Crippen molar-refractivity contribution in [2.24, 2.45) is 0 Å². The number of hydrogen-bond acceptors (Lipinski definition) is 4. The summed E-state index contributed by atoms with van der Waals surface area (Å²) >= 11 is 0. The molecule has 0 aliphatic heterocycles. The van der Waals surface area contributed by atoms with Crippen LogP contribution in [0.2, 0.25) is 0 Å².